The smallest absolute Gasteiger partial charge is 0.335 e. The van der Waals surface area contributed by atoms with Crippen LogP contribution in [0.1, 0.15) is 28.8 Å². The number of carbonyl (C=O) groups excluding carboxylic acids is 1. The van der Waals surface area contributed by atoms with E-state index in [-0.39, 0.29) is 22.1 Å². The molecule has 0 bridgehead atoms. The molecule has 0 spiro atoms. The van der Waals surface area contributed by atoms with Crippen molar-refractivity contribution in [3.05, 3.63) is 53.6 Å². The zero-order valence-corrected chi connectivity index (χ0v) is 20.1. The number of likely N-dealkylation sites (tertiary alicyclic amines) is 1. The maximum absolute atomic E-state index is 13.0. The summed E-state index contributed by atoms with van der Waals surface area (Å²) in [6.45, 7) is 6.43. The van der Waals surface area contributed by atoms with Crippen molar-refractivity contribution < 1.29 is 23.1 Å². The maximum atomic E-state index is 13.0. The van der Waals surface area contributed by atoms with Crippen LogP contribution in [0.4, 0.5) is 11.4 Å². The number of carboxylic acids is 1. The van der Waals surface area contributed by atoms with Crippen LogP contribution in [0.25, 0.3) is 0 Å². The van der Waals surface area contributed by atoms with E-state index in [1.54, 1.807) is 18.2 Å². The SMILES string of the molecule is Cc1ccc(S(=O)(=O)Nc2cc(C(=O)O)ccc2N2CCN(CC(=O)N3CCCC3)CC2)cc1. The number of sulfonamides is 1. The molecule has 2 aliphatic heterocycles. The Hall–Kier alpha value is -3.11. The molecule has 0 radical (unpaired) electrons. The van der Waals surface area contributed by atoms with Gasteiger partial charge in [-0.15, -0.1) is 0 Å². The highest BCUT2D eigenvalue weighted by Crippen LogP contribution is 2.30. The van der Waals surface area contributed by atoms with E-state index in [1.807, 2.05) is 16.7 Å². The lowest BCUT2D eigenvalue weighted by Crippen LogP contribution is -2.50. The van der Waals surface area contributed by atoms with E-state index < -0.39 is 16.0 Å². The van der Waals surface area contributed by atoms with Crippen LogP contribution < -0.4 is 9.62 Å². The molecule has 2 heterocycles. The number of benzene rings is 2. The fourth-order valence-electron chi connectivity index (χ4n) is 4.35. The highest BCUT2D eigenvalue weighted by atomic mass is 32.2. The summed E-state index contributed by atoms with van der Waals surface area (Å²) < 4.78 is 28.6. The highest BCUT2D eigenvalue weighted by Gasteiger charge is 2.26. The number of anilines is 2. The summed E-state index contributed by atoms with van der Waals surface area (Å²) in [7, 11) is -3.90. The number of rotatable bonds is 7. The molecule has 4 rings (SSSR count). The number of nitrogens with one attached hydrogen (secondary N) is 1. The van der Waals surface area contributed by atoms with E-state index in [1.165, 1.54) is 24.3 Å². The van der Waals surface area contributed by atoms with E-state index in [0.29, 0.717) is 38.4 Å². The van der Waals surface area contributed by atoms with Gasteiger partial charge in [0, 0.05) is 39.3 Å². The van der Waals surface area contributed by atoms with Gasteiger partial charge in [-0.2, -0.15) is 0 Å². The molecule has 2 saturated heterocycles. The molecule has 9 nitrogen and oxygen atoms in total. The van der Waals surface area contributed by atoms with Crippen LogP contribution in [0.5, 0.6) is 0 Å². The van der Waals surface area contributed by atoms with Gasteiger partial charge in [-0.1, -0.05) is 17.7 Å². The second-order valence-electron chi connectivity index (χ2n) is 8.81. The zero-order valence-electron chi connectivity index (χ0n) is 19.2. The first kappa shape index (κ1) is 24.0. The molecule has 2 aliphatic rings. The van der Waals surface area contributed by atoms with Crippen LogP contribution in [0, 0.1) is 6.92 Å². The van der Waals surface area contributed by atoms with Gasteiger partial charge in [-0.25, -0.2) is 13.2 Å². The number of nitrogens with zero attached hydrogens (tertiary/aromatic N) is 3. The Kier molecular flexibility index (Phi) is 7.08. The Morgan fingerprint density at radius 2 is 1.59 bits per heavy atom. The Morgan fingerprint density at radius 3 is 2.21 bits per heavy atom. The predicted molar refractivity (Wildman–Crippen MR) is 130 cm³/mol. The summed E-state index contributed by atoms with van der Waals surface area (Å²) in [5.74, 6) is -0.976. The first-order valence-electron chi connectivity index (χ1n) is 11.4. The van der Waals surface area contributed by atoms with Crippen LogP contribution in [-0.4, -0.2) is 81.0 Å². The average molecular weight is 487 g/mol. The highest BCUT2D eigenvalue weighted by molar-refractivity contribution is 7.92. The number of piperazine rings is 1. The zero-order chi connectivity index (χ0) is 24.3. The molecule has 2 fully saturated rings. The Balaban J connectivity index is 1.50. The summed E-state index contributed by atoms with van der Waals surface area (Å²) in [6.07, 6.45) is 2.13. The van der Waals surface area contributed by atoms with Crippen LogP contribution in [0.15, 0.2) is 47.4 Å². The molecule has 2 aromatic rings. The van der Waals surface area contributed by atoms with Gasteiger partial charge in [0.25, 0.3) is 10.0 Å². The third-order valence-corrected chi connectivity index (χ3v) is 7.73. The van der Waals surface area contributed by atoms with E-state index in [4.69, 9.17) is 0 Å². The van der Waals surface area contributed by atoms with Crippen LogP contribution in [-0.2, 0) is 14.8 Å². The summed E-state index contributed by atoms with van der Waals surface area (Å²) >= 11 is 0. The molecule has 10 heteroatoms. The van der Waals surface area contributed by atoms with E-state index in [9.17, 15) is 23.1 Å². The minimum Gasteiger partial charge on any atom is -0.478 e. The largest absolute Gasteiger partial charge is 0.478 e. The molecule has 0 aromatic heterocycles. The number of aryl methyl sites for hydroxylation is 1. The molecular formula is C24H30N4O5S. The standard InChI is InChI=1S/C24H30N4O5S/c1-18-4-7-20(8-5-18)34(32,33)25-21-16-19(24(30)31)6-9-22(21)27-14-12-26(13-15-27)17-23(29)28-10-2-3-11-28/h4-9,16,25H,2-3,10-15,17H2,1H3,(H,30,31). The summed E-state index contributed by atoms with van der Waals surface area (Å²) in [5, 5.41) is 9.43. The van der Waals surface area contributed by atoms with Gasteiger partial charge in [-0.05, 0) is 50.1 Å². The van der Waals surface area contributed by atoms with Crippen molar-refractivity contribution in [2.24, 2.45) is 0 Å². The number of carboxylic acid groups (broad SMARTS) is 1. The van der Waals surface area contributed by atoms with Crippen molar-refractivity contribution in [3.8, 4) is 0 Å². The number of hydrogen-bond acceptors (Lipinski definition) is 6. The molecule has 182 valence electrons. The molecule has 0 saturated carbocycles. The quantitative estimate of drug-likeness (QED) is 0.618. The van der Waals surface area contributed by atoms with Gasteiger partial charge in [0.1, 0.15) is 0 Å². The van der Waals surface area contributed by atoms with Crippen molar-refractivity contribution in [2.45, 2.75) is 24.7 Å². The van der Waals surface area contributed by atoms with Crippen LogP contribution in [0.2, 0.25) is 0 Å². The van der Waals surface area contributed by atoms with E-state index >= 15 is 0 Å². The number of amides is 1. The van der Waals surface area contributed by atoms with Gasteiger partial charge in [0.15, 0.2) is 0 Å². The van der Waals surface area contributed by atoms with Crippen molar-refractivity contribution in [3.63, 3.8) is 0 Å². The third kappa shape index (κ3) is 5.51. The number of hydrogen-bond donors (Lipinski definition) is 2. The molecule has 0 aliphatic carbocycles. The lowest BCUT2D eigenvalue weighted by molar-refractivity contribution is -0.131. The van der Waals surface area contributed by atoms with Crippen LogP contribution >= 0.6 is 0 Å². The van der Waals surface area contributed by atoms with Crippen molar-refractivity contribution >= 4 is 33.3 Å². The van der Waals surface area contributed by atoms with Gasteiger partial charge >= 0.3 is 5.97 Å². The Bertz CT molecular complexity index is 1150. The number of aromatic carboxylic acids is 1. The summed E-state index contributed by atoms with van der Waals surface area (Å²) in [4.78, 5) is 30.2. The minimum atomic E-state index is -3.90. The first-order chi connectivity index (χ1) is 16.2. The minimum absolute atomic E-state index is 0.000187. The molecule has 0 unspecified atom stereocenters. The van der Waals surface area contributed by atoms with Gasteiger partial charge < -0.3 is 14.9 Å². The number of carbonyl (C=O) groups is 2. The van der Waals surface area contributed by atoms with Crippen LogP contribution in [0.3, 0.4) is 0 Å². The summed E-state index contributed by atoms with van der Waals surface area (Å²) in [5.41, 5.74) is 1.78. The van der Waals surface area contributed by atoms with Gasteiger partial charge in [-0.3, -0.25) is 14.4 Å². The first-order valence-corrected chi connectivity index (χ1v) is 12.9. The molecule has 2 aromatic carbocycles. The second kappa shape index (κ2) is 10.0. The fourth-order valence-corrected chi connectivity index (χ4v) is 5.42. The molecule has 0 atom stereocenters. The predicted octanol–water partition coefficient (Wildman–Crippen LogP) is 2.24. The average Bonchev–Trinajstić information content (AvgIpc) is 3.35. The molecule has 34 heavy (non-hydrogen) atoms. The molecule has 1 amide bonds. The van der Waals surface area contributed by atoms with Crippen molar-refractivity contribution in [1.82, 2.24) is 9.80 Å². The van der Waals surface area contributed by atoms with Gasteiger partial charge in [0.05, 0.1) is 28.4 Å². The van der Waals surface area contributed by atoms with E-state index in [0.717, 1.165) is 31.5 Å². The maximum Gasteiger partial charge on any atom is 0.335 e. The van der Waals surface area contributed by atoms with Crippen molar-refractivity contribution in [1.29, 1.82) is 0 Å². The van der Waals surface area contributed by atoms with Crippen molar-refractivity contribution in [2.75, 3.05) is 55.4 Å². The third-order valence-electron chi connectivity index (χ3n) is 6.35. The Labute approximate surface area is 200 Å². The topological polar surface area (TPSA) is 110 Å². The second-order valence-corrected chi connectivity index (χ2v) is 10.5. The normalized spacial score (nSPS) is 17.1. The molecule has 2 N–H and O–H groups in total. The van der Waals surface area contributed by atoms with Gasteiger partial charge in [0.2, 0.25) is 5.91 Å². The lowest BCUT2D eigenvalue weighted by Gasteiger charge is -2.37. The van der Waals surface area contributed by atoms with E-state index in [2.05, 4.69) is 9.62 Å². The molecular weight excluding hydrogens is 456 g/mol. The Morgan fingerprint density at radius 1 is 0.941 bits per heavy atom. The fraction of sp³-hybridized carbons (Fsp3) is 0.417. The lowest BCUT2D eigenvalue weighted by atomic mass is 10.1. The summed E-state index contributed by atoms with van der Waals surface area (Å²) in [6, 6.07) is 10.9. The monoisotopic (exact) mass is 486 g/mol.